The molecule has 0 spiro atoms. The van der Waals surface area contributed by atoms with E-state index >= 15 is 0 Å². The first-order valence-corrected chi connectivity index (χ1v) is 18.9. The molecule has 0 heterocycles. The Hall–Kier alpha value is -0.740. The third-order valence-electron chi connectivity index (χ3n) is 7.08. The first-order valence-electron chi connectivity index (χ1n) is 13.0. The lowest BCUT2D eigenvalue weighted by Crippen LogP contribution is -2.64. The van der Waals surface area contributed by atoms with Crippen LogP contribution in [0.4, 0.5) is 26.3 Å². The molecular weight excluding hydrogens is 1120 g/mol. The van der Waals surface area contributed by atoms with Gasteiger partial charge in [0.2, 0.25) is 0 Å². The third-order valence-corrected chi connectivity index (χ3v) is 10.7. The number of aryl methyl sites for hydroxylation is 2. The van der Waals surface area contributed by atoms with Crippen LogP contribution in [0, 0.1) is 45.9 Å². The maximum absolute atomic E-state index is 13.9. The molecule has 1 aliphatic carbocycles. The van der Waals surface area contributed by atoms with Crippen LogP contribution in [0.25, 0.3) is 0 Å². The van der Waals surface area contributed by atoms with Crippen molar-refractivity contribution >= 4 is 118 Å². The van der Waals surface area contributed by atoms with Gasteiger partial charge in [-0.3, -0.25) is 18.9 Å². The van der Waals surface area contributed by atoms with Gasteiger partial charge in [-0.1, -0.05) is 0 Å². The Labute approximate surface area is 318 Å². The minimum atomic E-state index is -6.56. The molecule has 9 nitrogen and oxygen atoms in total. The quantitative estimate of drug-likeness (QED) is 0.0936. The smallest absolute Gasteiger partial charge is 0.438 e. The van der Waals surface area contributed by atoms with Gasteiger partial charge in [0.15, 0.2) is 0 Å². The number of rotatable bonds is 8. The number of ether oxygens (including phenoxy) is 3. The highest BCUT2D eigenvalue weighted by Gasteiger charge is 2.76. The molecule has 3 rings (SSSR count). The zero-order chi connectivity index (χ0) is 35.9. The lowest BCUT2D eigenvalue weighted by molar-refractivity contribution is -0.362. The molecule has 2 aromatic rings. The summed E-state index contributed by atoms with van der Waals surface area (Å²) in [6.45, 7) is 3.25. The van der Waals surface area contributed by atoms with Crippen molar-refractivity contribution in [1.82, 2.24) is 0 Å². The molecular formula is C27H22F6I4O9S. The maximum Gasteiger partial charge on any atom is 0.438 e. The normalized spacial score (nSPS) is 19.2. The fraction of sp³-hybridized carbons (Fsp3) is 0.444. The molecule has 260 valence electrons. The van der Waals surface area contributed by atoms with Crippen molar-refractivity contribution in [2.75, 3.05) is 5.75 Å². The first-order chi connectivity index (χ1) is 21.3. The molecule has 0 saturated heterocycles. The van der Waals surface area contributed by atoms with Crippen molar-refractivity contribution in [2.24, 2.45) is 17.8 Å². The first kappa shape index (κ1) is 40.7. The van der Waals surface area contributed by atoms with Gasteiger partial charge >= 0.3 is 35.9 Å². The van der Waals surface area contributed by atoms with Crippen LogP contribution in [-0.4, -0.2) is 54.6 Å². The summed E-state index contributed by atoms with van der Waals surface area (Å²) in [5, 5.41) is 0. The number of carbonyl (C=O) groups excluding carboxylic acids is 3. The number of carbonyl (C=O) groups is 3. The van der Waals surface area contributed by atoms with Crippen molar-refractivity contribution in [1.29, 1.82) is 0 Å². The molecule has 47 heavy (non-hydrogen) atoms. The molecule has 0 bridgehead atoms. The van der Waals surface area contributed by atoms with Crippen LogP contribution < -0.4 is 9.47 Å². The van der Waals surface area contributed by atoms with E-state index in [1.54, 1.807) is 38.1 Å². The second kappa shape index (κ2) is 15.2. The highest BCUT2D eigenvalue weighted by atomic mass is 127. The van der Waals surface area contributed by atoms with E-state index in [1.165, 1.54) is 0 Å². The Morgan fingerprint density at radius 2 is 1.06 bits per heavy atom. The summed E-state index contributed by atoms with van der Waals surface area (Å²) in [6, 6.07) is 6.71. The fourth-order valence-corrected chi connectivity index (χ4v) is 10.3. The van der Waals surface area contributed by atoms with E-state index in [9.17, 15) is 49.1 Å². The van der Waals surface area contributed by atoms with Gasteiger partial charge in [-0.25, -0.2) is 0 Å². The highest BCUT2D eigenvalue weighted by molar-refractivity contribution is 14.1. The molecule has 0 aliphatic heterocycles. The standard InChI is InChI=1S/C27H22F6I4O9S/c1-11-3-16(34)8-18(36)20(11)44-22(38)13-5-14(23(39)45-21-12(2)4-17(35)9-19(21)37)7-15(6-13)24(40)46-25(26(28,29)30,27(31,32)33)10-47(41,42)43/h3-4,8-9,13-15H,5-7,10H2,1-2H3,(H,41,42,43). The minimum Gasteiger partial charge on any atom is -0.438 e. The van der Waals surface area contributed by atoms with Crippen molar-refractivity contribution in [3.05, 3.63) is 49.7 Å². The molecule has 0 aromatic heterocycles. The predicted molar refractivity (Wildman–Crippen MR) is 186 cm³/mol. The third kappa shape index (κ3) is 9.95. The number of hydrogen-bond acceptors (Lipinski definition) is 8. The number of esters is 3. The molecule has 2 atom stereocenters. The predicted octanol–water partition coefficient (Wildman–Crippen LogP) is 7.56. The molecule has 1 aliphatic rings. The molecule has 1 N–H and O–H groups in total. The van der Waals surface area contributed by atoms with Gasteiger partial charge in [-0.05, 0) is 159 Å². The van der Waals surface area contributed by atoms with Crippen LogP contribution in [-0.2, 0) is 29.2 Å². The SMILES string of the molecule is Cc1cc(I)cc(I)c1OC(=O)C1CC(C(=O)Oc2c(C)cc(I)cc2I)CC(C(=O)OC(CS(=O)(=O)O)(C(F)(F)F)C(F)(F)F)C1. The van der Waals surface area contributed by atoms with Gasteiger partial charge in [0.25, 0.3) is 10.1 Å². The average molecular weight is 1140 g/mol. The molecule has 1 saturated carbocycles. The average Bonchev–Trinajstić information content (AvgIpc) is 2.89. The molecule has 1 fully saturated rings. The maximum atomic E-state index is 13.9. The van der Waals surface area contributed by atoms with E-state index in [2.05, 4.69) is 4.74 Å². The van der Waals surface area contributed by atoms with Crippen LogP contribution in [0.5, 0.6) is 11.5 Å². The zero-order valence-electron chi connectivity index (χ0n) is 23.8. The van der Waals surface area contributed by atoms with E-state index in [4.69, 9.17) is 14.0 Å². The minimum absolute atomic E-state index is 0.116. The van der Waals surface area contributed by atoms with Gasteiger partial charge in [0.05, 0.1) is 24.9 Å². The summed E-state index contributed by atoms with van der Waals surface area (Å²) in [5.41, 5.74) is -4.62. The van der Waals surface area contributed by atoms with Crippen LogP contribution >= 0.6 is 90.4 Å². The monoisotopic (exact) mass is 1140 g/mol. The Kier molecular flexibility index (Phi) is 13.2. The van der Waals surface area contributed by atoms with Gasteiger partial charge in [0.1, 0.15) is 17.3 Å². The van der Waals surface area contributed by atoms with E-state index in [-0.39, 0.29) is 17.9 Å². The topological polar surface area (TPSA) is 133 Å². The molecule has 20 heteroatoms. The van der Waals surface area contributed by atoms with Gasteiger partial charge < -0.3 is 14.2 Å². The van der Waals surface area contributed by atoms with E-state index in [0.29, 0.717) is 18.3 Å². The summed E-state index contributed by atoms with van der Waals surface area (Å²) in [4.78, 5) is 39.9. The van der Waals surface area contributed by atoms with Crippen molar-refractivity contribution in [3.8, 4) is 11.5 Å². The van der Waals surface area contributed by atoms with Gasteiger partial charge in [-0.15, -0.1) is 0 Å². The highest BCUT2D eigenvalue weighted by Crippen LogP contribution is 2.48. The summed E-state index contributed by atoms with van der Waals surface area (Å²) in [5.74, 6) is -11.9. The van der Waals surface area contributed by atoms with Crippen LogP contribution in [0.1, 0.15) is 30.4 Å². The van der Waals surface area contributed by atoms with Crippen molar-refractivity contribution in [2.45, 2.75) is 51.1 Å². The number of alkyl halides is 6. The summed E-state index contributed by atoms with van der Waals surface area (Å²) in [6.07, 6.45) is -14.9. The summed E-state index contributed by atoms with van der Waals surface area (Å²) in [7, 11) is -6.03. The Morgan fingerprint density at radius 3 is 1.36 bits per heavy atom. The zero-order valence-corrected chi connectivity index (χ0v) is 33.2. The Balaban J connectivity index is 2.03. The van der Waals surface area contributed by atoms with Crippen LogP contribution in [0.3, 0.4) is 0 Å². The molecule has 2 aromatic carbocycles. The molecule has 0 radical (unpaired) electrons. The number of hydrogen-bond donors (Lipinski definition) is 1. The lowest BCUT2D eigenvalue weighted by Gasteiger charge is -2.38. The molecule has 0 amide bonds. The summed E-state index contributed by atoms with van der Waals surface area (Å²) < 4.78 is 133. The second-order valence-electron chi connectivity index (χ2n) is 10.7. The van der Waals surface area contributed by atoms with Crippen molar-refractivity contribution < 1.29 is 67.9 Å². The van der Waals surface area contributed by atoms with Crippen LogP contribution in [0.15, 0.2) is 24.3 Å². The van der Waals surface area contributed by atoms with Crippen LogP contribution in [0.2, 0.25) is 0 Å². The van der Waals surface area contributed by atoms with Crippen molar-refractivity contribution in [3.63, 3.8) is 0 Å². The fourth-order valence-electron chi connectivity index (χ4n) is 4.88. The Bertz CT molecular complexity index is 1540. The Morgan fingerprint density at radius 1 is 0.723 bits per heavy atom. The van der Waals surface area contributed by atoms with E-state index in [1.807, 2.05) is 90.4 Å². The largest absolute Gasteiger partial charge is 0.438 e. The molecule has 2 unspecified atom stereocenters. The van der Waals surface area contributed by atoms with E-state index < -0.39 is 82.3 Å². The van der Waals surface area contributed by atoms with Gasteiger partial charge in [-0.2, -0.15) is 34.8 Å². The summed E-state index contributed by atoms with van der Waals surface area (Å²) >= 11 is 7.84. The van der Waals surface area contributed by atoms with E-state index in [0.717, 1.165) is 7.14 Å². The number of benzene rings is 2. The lowest BCUT2D eigenvalue weighted by atomic mass is 9.75. The number of halogens is 10. The van der Waals surface area contributed by atoms with Gasteiger partial charge in [0, 0.05) is 7.14 Å². The second-order valence-corrected chi connectivity index (χ2v) is 16.9.